The first-order valence-corrected chi connectivity index (χ1v) is 5.12. The van der Waals surface area contributed by atoms with Crippen LogP contribution in [-0.4, -0.2) is 22.2 Å². The molecule has 0 amide bonds. The van der Waals surface area contributed by atoms with Gasteiger partial charge in [-0.3, -0.25) is 0 Å². The van der Waals surface area contributed by atoms with Crippen molar-refractivity contribution in [3.8, 4) is 0 Å². The lowest BCUT2D eigenvalue weighted by atomic mass is 10.2. The van der Waals surface area contributed by atoms with Crippen molar-refractivity contribution in [2.75, 3.05) is 0 Å². The number of rotatable bonds is 2. The number of alkyl halides is 3. The van der Waals surface area contributed by atoms with Gasteiger partial charge in [0.15, 0.2) is 0 Å². The average Bonchev–Trinajstić information content (AvgIpc) is 2.44. The van der Waals surface area contributed by atoms with E-state index in [0.717, 1.165) is 6.08 Å². The van der Waals surface area contributed by atoms with Gasteiger partial charge in [0.25, 0.3) is 0 Å². The molecule has 0 spiro atoms. The predicted octanol–water partition coefficient (Wildman–Crippen LogP) is 2.83. The van der Waals surface area contributed by atoms with Gasteiger partial charge in [-0.2, -0.15) is 13.2 Å². The maximum atomic E-state index is 12.1. The first-order valence-electron chi connectivity index (χ1n) is 4.38. The van der Waals surface area contributed by atoms with Crippen molar-refractivity contribution in [2.45, 2.75) is 25.0 Å². The lowest BCUT2D eigenvalue weighted by Crippen LogP contribution is -2.34. The van der Waals surface area contributed by atoms with Crippen LogP contribution >= 0.6 is 12.0 Å². The van der Waals surface area contributed by atoms with E-state index in [4.69, 9.17) is 9.29 Å². The second kappa shape index (κ2) is 4.52. The Morgan fingerprint density at radius 2 is 2.24 bits per heavy atom. The molecule has 1 heterocycles. The smallest absolute Gasteiger partial charge is 0.491 e. The zero-order valence-electron chi connectivity index (χ0n) is 8.87. The summed E-state index contributed by atoms with van der Waals surface area (Å²) in [7, 11) is 0. The Balaban J connectivity index is 2.96. The molecule has 0 saturated heterocycles. The Labute approximate surface area is 99.3 Å². The standard InChI is InChI=1S/C9H9F3O4S/c1-5(13)3-8(4-6(2)16-17-8)15-7(14)9(10,11)12/h3-4,13H,1-2H3/b5-3-. The van der Waals surface area contributed by atoms with Crippen LogP contribution in [0.15, 0.2) is 23.7 Å². The van der Waals surface area contributed by atoms with E-state index in [2.05, 4.69) is 4.74 Å². The van der Waals surface area contributed by atoms with E-state index in [-0.39, 0.29) is 11.5 Å². The lowest BCUT2D eigenvalue weighted by Gasteiger charge is -2.21. The number of hydrogen-bond acceptors (Lipinski definition) is 5. The zero-order valence-corrected chi connectivity index (χ0v) is 9.69. The molecule has 8 heteroatoms. The number of hydrogen-bond donors (Lipinski definition) is 1. The molecule has 1 aliphatic heterocycles. The second-order valence-corrected chi connectivity index (χ2v) is 4.29. The number of allylic oxidation sites excluding steroid dienone is 2. The number of carbonyl (C=O) groups excluding carboxylic acids is 1. The molecule has 1 rings (SSSR count). The zero-order chi connectivity index (χ0) is 13.3. The van der Waals surface area contributed by atoms with Crippen molar-refractivity contribution in [1.29, 1.82) is 0 Å². The van der Waals surface area contributed by atoms with E-state index >= 15 is 0 Å². The fourth-order valence-electron chi connectivity index (χ4n) is 1.10. The highest BCUT2D eigenvalue weighted by Gasteiger charge is 2.48. The SMILES string of the molecule is CC1=CC(/C=C(/C)O)(OC(=O)C(F)(F)F)SO1. The Hall–Kier alpha value is -1.31. The third-order valence-electron chi connectivity index (χ3n) is 1.60. The molecule has 1 aliphatic rings. The van der Waals surface area contributed by atoms with Crippen LogP contribution in [0.5, 0.6) is 0 Å². The van der Waals surface area contributed by atoms with Crippen molar-refractivity contribution < 1.29 is 32.0 Å². The monoisotopic (exact) mass is 270 g/mol. The van der Waals surface area contributed by atoms with Crippen LogP contribution in [0.2, 0.25) is 0 Å². The molecule has 1 unspecified atom stereocenters. The molecule has 0 aromatic carbocycles. The quantitative estimate of drug-likeness (QED) is 0.475. The minimum Gasteiger partial charge on any atom is -0.513 e. The summed E-state index contributed by atoms with van der Waals surface area (Å²) in [6.07, 6.45) is -2.98. The van der Waals surface area contributed by atoms with Crippen molar-refractivity contribution >= 4 is 18.0 Å². The maximum absolute atomic E-state index is 12.1. The van der Waals surface area contributed by atoms with Crippen LogP contribution in [0.1, 0.15) is 13.8 Å². The summed E-state index contributed by atoms with van der Waals surface area (Å²) >= 11 is 0.499. The van der Waals surface area contributed by atoms with Crippen molar-refractivity contribution in [2.24, 2.45) is 0 Å². The van der Waals surface area contributed by atoms with Gasteiger partial charge in [-0.25, -0.2) is 4.79 Å². The third-order valence-corrected chi connectivity index (χ3v) is 2.53. The molecule has 0 aromatic rings. The fraction of sp³-hybridized carbons (Fsp3) is 0.444. The topological polar surface area (TPSA) is 55.8 Å². The van der Waals surface area contributed by atoms with Crippen molar-refractivity contribution in [3.05, 3.63) is 23.7 Å². The van der Waals surface area contributed by atoms with Gasteiger partial charge in [0, 0.05) is 12.2 Å². The fourth-order valence-corrected chi connectivity index (χ4v) is 1.95. The Bertz CT molecular complexity index is 384. The molecule has 17 heavy (non-hydrogen) atoms. The number of aliphatic hydroxyl groups excluding tert-OH is 1. The maximum Gasteiger partial charge on any atom is 0.491 e. The highest BCUT2D eigenvalue weighted by Crippen LogP contribution is 2.41. The molecular formula is C9H9F3O4S. The van der Waals surface area contributed by atoms with Crippen LogP contribution in [0, 0.1) is 0 Å². The second-order valence-electron chi connectivity index (χ2n) is 3.32. The van der Waals surface area contributed by atoms with Gasteiger partial charge in [-0.1, -0.05) is 0 Å². The lowest BCUT2D eigenvalue weighted by molar-refractivity contribution is -0.202. The molecule has 4 nitrogen and oxygen atoms in total. The van der Waals surface area contributed by atoms with Gasteiger partial charge in [0.2, 0.25) is 4.93 Å². The molecule has 96 valence electrons. The molecular weight excluding hydrogens is 261 g/mol. The molecule has 0 fully saturated rings. The summed E-state index contributed by atoms with van der Waals surface area (Å²) in [5.41, 5.74) is 0. The number of carbonyl (C=O) groups is 1. The number of ether oxygens (including phenoxy) is 1. The Morgan fingerprint density at radius 3 is 2.59 bits per heavy atom. The normalized spacial score (nSPS) is 25.2. The first-order chi connectivity index (χ1) is 7.65. The van der Waals surface area contributed by atoms with E-state index in [1.807, 2.05) is 0 Å². The van der Waals surface area contributed by atoms with Crippen LogP contribution < -0.4 is 0 Å². The van der Waals surface area contributed by atoms with Crippen LogP contribution in [0.25, 0.3) is 0 Å². The van der Waals surface area contributed by atoms with Gasteiger partial charge >= 0.3 is 12.1 Å². The van der Waals surface area contributed by atoms with Crippen LogP contribution in [0.3, 0.4) is 0 Å². The molecule has 1 atom stereocenters. The highest BCUT2D eigenvalue weighted by atomic mass is 32.2. The van der Waals surface area contributed by atoms with E-state index in [1.54, 1.807) is 0 Å². The summed E-state index contributed by atoms with van der Waals surface area (Å²) in [5, 5.41) is 9.07. The summed E-state index contributed by atoms with van der Waals surface area (Å²) in [4.78, 5) is 8.98. The Kier molecular flexibility index (Phi) is 3.65. The minimum atomic E-state index is -5.10. The number of halogens is 3. The van der Waals surface area contributed by atoms with Gasteiger partial charge in [0.05, 0.1) is 5.76 Å². The van der Waals surface area contributed by atoms with E-state index < -0.39 is 17.1 Å². The third kappa shape index (κ3) is 3.58. The summed E-state index contributed by atoms with van der Waals surface area (Å²) < 4.78 is 45.4. The molecule has 1 N–H and O–H groups in total. The summed E-state index contributed by atoms with van der Waals surface area (Å²) in [6.45, 7) is 2.72. The van der Waals surface area contributed by atoms with Gasteiger partial charge < -0.3 is 14.0 Å². The Morgan fingerprint density at radius 1 is 1.65 bits per heavy atom. The summed E-state index contributed by atoms with van der Waals surface area (Å²) in [6, 6.07) is 0. The van der Waals surface area contributed by atoms with Crippen LogP contribution in [-0.2, 0) is 13.7 Å². The minimum absolute atomic E-state index is 0.280. The van der Waals surface area contributed by atoms with Crippen molar-refractivity contribution in [1.82, 2.24) is 0 Å². The predicted molar refractivity (Wildman–Crippen MR) is 53.7 cm³/mol. The molecule has 0 radical (unpaired) electrons. The summed E-state index contributed by atoms with van der Waals surface area (Å²) in [5.74, 6) is -2.36. The average molecular weight is 270 g/mol. The largest absolute Gasteiger partial charge is 0.513 e. The van der Waals surface area contributed by atoms with E-state index in [9.17, 15) is 18.0 Å². The van der Waals surface area contributed by atoms with E-state index in [0.29, 0.717) is 12.0 Å². The molecule has 0 saturated carbocycles. The highest BCUT2D eigenvalue weighted by molar-refractivity contribution is 7.96. The first kappa shape index (κ1) is 13.8. The van der Waals surface area contributed by atoms with Crippen LogP contribution in [0.4, 0.5) is 13.2 Å². The molecule has 0 bridgehead atoms. The van der Waals surface area contributed by atoms with E-state index in [1.165, 1.54) is 19.9 Å². The van der Waals surface area contributed by atoms with Gasteiger partial charge in [0.1, 0.15) is 17.8 Å². The molecule has 0 aromatic heterocycles. The van der Waals surface area contributed by atoms with Gasteiger partial charge in [-0.05, 0) is 13.8 Å². The number of esters is 1. The number of aliphatic hydroxyl groups is 1. The van der Waals surface area contributed by atoms with Gasteiger partial charge in [-0.15, -0.1) is 0 Å². The molecule has 0 aliphatic carbocycles. The van der Waals surface area contributed by atoms with Crippen molar-refractivity contribution in [3.63, 3.8) is 0 Å².